The second-order valence-electron chi connectivity index (χ2n) is 8.81. The van der Waals surface area contributed by atoms with Crippen LogP contribution in [0, 0.1) is 0 Å². The molecular weight excluding hydrogens is 605 g/mol. The van der Waals surface area contributed by atoms with Crippen molar-refractivity contribution in [3.63, 3.8) is 0 Å². The van der Waals surface area contributed by atoms with Gasteiger partial charge in [0.2, 0.25) is 5.96 Å². The summed E-state index contributed by atoms with van der Waals surface area (Å²) in [6.45, 7) is -0.355. The molecule has 10 nitrogen and oxygen atoms in total. The quantitative estimate of drug-likeness (QED) is 0.199. The van der Waals surface area contributed by atoms with Crippen molar-refractivity contribution in [3.05, 3.63) is 101 Å². The molecule has 0 aliphatic carbocycles. The predicted molar refractivity (Wildman–Crippen MR) is 149 cm³/mol. The first-order chi connectivity index (χ1) is 19.2. The highest BCUT2D eigenvalue weighted by Gasteiger charge is 2.34. The maximum absolute atomic E-state index is 13.2. The molecule has 0 saturated carbocycles. The third-order valence-electron chi connectivity index (χ3n) is 5.89. The predicted octanol–water partition coefficient (Wildman–Crippen LogP) is 3.29. The van der Waals surface area contributed by atoms with Gasteiger partial charge in [0.25, 0.3) is 20.2 Å². The number of aliphatic imine (C=N–C) groups is 1. The molecule has 1 heterocycles. The van der Waals surface area contributed by atoms with Crippen molar-refractivity contribution in [2.75, 3.05) is 19.6 Å². The number of hydrogen-bond acceptors (Lipinski definition) is 6. The fraction of sp³-hybridized carbons (Fsp3) is 0.200. The zero-order chi connectivity index (χ0) is 29.8. The smallest absolute Gasteiger partial charge is 0.249 e. The number of nitrogens with one attached hydrogen (secondary N) is 2. The maximum atomic E-state index is 13.2. The third-order valence-corrected chi connectivity index (χ3v) is 8.10. The number of alkyl halides is 3. The van der Waals surface area contributed by atoms with E-state index in [-0.39, 0.29) is 31.5 Å². The van der Waals surface area contributed by atoms with Crippen LogP contribution in [-0.2, 0) is 26.4 Å². The molecule has 0 spiro atoms. The van der Waals surface area contributed by atoms with Gasteiger partial charge in [-0.15, -0.1) is 0 Å². The van der Waals surface area contributed by atoms with Gasteiger partial charge in [0.05, 0.1) is 29.3 Å². The van der Waals surface area contributed by atoms with Crippen LogP contribution in [0.1, 0.15) is 22.6 Å². The lowest BCUT2D eigenvalue weighted by atomic mass is 9.91. The number of sulfonamides is 1. The maximum Gasteiger partial charge on any atom is 0.416 e. The Morgan fingerprint density at radius 3 is 2.22 bits per heavy atom. The van der Waals surface area contributed by atoms with E-state index in [1.807, 2.05) is 35.1 Å². The average Bonchev–Trinajstić information content (AvgIpc) is 3.36. The Labute approximate surface area is 240 Å². The minimum Gasteiger partial charge on any atom is -0.249 e. The standard InChI is InChI=1S/C25H24ClF3N6O4S2/c26-20-10-6-18(7-11-20)23-22(17-4-2-1-3-5-17)16-35(33-23)24(31-14-15-32-41(30,38)39)34-40(36,37)21-12-8-19(9-13-21)25(27,28)29/h1-13,22,32H,14-16H2,(H,31,34)(H2,30,38,39)/t22-/m1/s1. The monoisotopic (exact) mass is 628 g/mol. The van der Waals surface area contributed by atoms with Crippen molar-refractivity contribution < 1.29 is 30.0 Å². The lowest BCUT2D eigenvalue weighted by Gasteiger charge is -2.20. The van der Waals surface area contributed by atoms with Crippen LogP contribution in [-0.4, -0.2) is 53.2 Å². The van der Waals surface area contributed by atoms with Crippen LogP contribution in [0.2, 0.25) is 5.02 Å². The van der Waals surface area contributed by atoms with Crippen molar-refractivity contribution in [3.8, 4) is 0 Å². The first-order valence-electron chi connectivity index (χ1n) is 11.9. The van der Waals surface area contributed by atoms with Crippen LogP contribution in [0.4, 0.5) is 13.2 Å². The van der Waals surface area contributed by atoms with Gasteiger partial charge in [-0.05, 0) is 47.5 Å². The molecule has 0 fully saturated rings. The van der Waals surface area contributed by atoms with E-state index in [1.54, 1.807) is 24.3 Å². The van der Waals surface area contributed by atoms with Gasteiger partial charge in [-0.2, -0.15) is 26.7 Å². The number of guanidine groups is 1. The molecule has 1 aliphatic heterocycles. The molecule has 0 saturated heterocycles. The topological polar surface area (TPSA) is 146 Å². The van der Waals surface area contributed by atoms with E-state index in [4.69, 9.17) is 16.7 Å². The van der Waals surface area contributed by atoms with E-state index in [0.717, 1.165) is 17.7 Å². The number of nitrogens with two attached hydrogens (primary N) is 1. The van der Waals surface area contributed by atoms with Gasteiger partial charge in [-0.1, -0.05) is 54.1 Å². The Balaban J connectivity index is 1.70. The number of hydrogen-bond donors (Lipinski definition) is 3. The summed E-state index contributed by atoms with van der Waals surface area (Å²) in [7, 11) is -8.46. The Morgan fingerprint density at radius 2 is 1.63 bits per heavy atom. The van der Waals surface area contributed by atoms with Crippen molar-refractivity contribution in [2.45, 2.75) is 17.0 Å². The van der Waals surface area contributed by atoms with Crippen LogP contribution in [0.5, 0.6) is 0 Å². The van der Waals surface area contributed by atoms with E-state index >= 15 is 0 Å². The lowest BCUT2D eigenvalue weighted by Crippen LogP contribution is -2.42. The fourth-order valence-electron chi connectivity index (χ4n) is 3.98. The van der Waals surface area contributed by atoms with Crippen molar-refractivity contribution >= 4 is 43.5 Å². The molecule has 0 aromatic heterocycles. The Kier molecular flexibility index (Phi) is 9.03. The number of rotatable bonds is 8. The van der Waals surface area contributed by atoms with Crippen molar-refractivity contribution in [1.29, 1.82) is 0 Å². The Morgan fingerprint density at radius 1 is 1.00 bits per heavy atom. The fourth-order valence-corrected chi connectivity index (χ4v) is 5.50. The van der Waals surface area contributed by atoms with Gasteiger partial charge in [-0.25, -0.2) is 33.0 Å². The van der Waals surface area contributed by atoms with Gasteiger partial charge in [0.15, 0.2) is 0 Å². The number of hydrazone groups is 1. The molecule has 1 aliphatic rings. The van der Waals surface area contributed by atoms with Crippen LogP contribution < -0.4 is 14.6 Å². The normalized spacial score (nSPS) is 16.5. The zero-order valence-electron chi connectivity index (χ0n) is 21.1. The molecule has 3 aromatic carbocycles. The molecule has 0 amide bonds. The zero-order valence-corrected chi connectivity index (χ0v) is 23.5. The second kappa shape index (κ2) is 12.2. The average molecular weight is 629 g/mol. The van der Waals surface area contributed by atoms with Crippen LogP contribution >= 0.6 is 11.6 Å². The highest BCUT2D eigenvalue weighted by Crippen LogP contribution is 2.31. The molecule has 3 aromatic rings. The van der Waals surface area contributed by atoms with Gasteiger partial charge in [0.1, 0.15) is 0 Å². The lowest BCUT2D eigenvalue weighted by molar-refractivity contribution is -0.137. The summed E-state index contributed by atoms with van der Waals surface area (Å²) in [5.74, 6) is -0.605. The van der Waals surface area contributed by atoms with E-state index in [1.165, 1.54) is 5.01 Å². The summed E-state index contributed by atoms with van der Waals surface area (Å²) in [5.41, 5.74) is 1.16. The molecular formula is C25H24ClF3N6O4S2. The minimum atomic E-state index is -4.65. The third kappa shape index (κ3) is 8.04. The summed E-state index contributed by atoms with van der Waals surface area (Å²) in [6.07, 6.45) is -4.65. The summed E-state index contributed by atoms with van der Waals surface area (Å²) < 4.78 is 92.2. The summed E-state index contributed by atoms with van der Waals surface area (Å²) in [5, 5.41) is 11.4. The van der Waals surface area contributed by atoms with Gasteiger partial charge in [-0.3, -0.25) is 0 Å². The molecule has 4 N–H and O–H groups in total. The highest BCUT2D eigenvalue weighted by atomic mass is 35.5. The van der Waals surface area contributed by atoms with E-state index < -0.39 is 36.9 Å². The first kappa shape index (κ1) is 30.5. The number of nitrogens with zero attached hydrogens (tertiary/aromatic N) is 3. The highest BCUT2D eigenvalue weighted by molar-refractivity contribution is 7.90. The van der Waals surface area contributed by atoms with Gasteiger partial charge < -0.3 is 0 Å². The molecule has 0 unspecified atom stereocenters. The second-order valence-corrected chi connectivity index (χ2v) is 12.3. The minimum absolute atomic E-state index is 0.138. The van der Waals surface area contributed by atoms with Crippen molar-refractivity contribution in [1.82, 2.24) is 14.5 Å². The number of benzene rings is 3. The molecule has 41 heavy (non-hydrogen) atoms. The first-order valence-corrected chi connectivity index (χ1v) is 15.3. The van der Waals surface area contributed by atoms with E-state index in [9.17, 15) is 30.0 Å². The number of halogens is 4. The Bertz CT molecular complexity index is 1650. The van der Waals surface area contributed by atoms with Gasteiger partial charge in [0, 0.05) is 17.5 Å². The van der Waals surface area contributed by atoms with Gasteiger partial charge >= 0.3 is 6.18 Å². The van der Waals surface area contributed by atoms with Crippen molar-refractivity contribution in [2.24, 2.45) is 15.2 Å². The SMILES string of the molecule is NS(=O)(=O)NCCN=C(NS(=O)(=O)c1ccc(C(F)(F)F)cc1)N1C[C@H](c2ccccc2)C(c2ccc(Cl)cc2)=N1. The molecule has 1 atom stereocenters. The van der Waals surface area contributed by atoms with Crippen LogP contribution in [0.3, 0.4) is 0 Å². The summed E-state index contributed by atoms with van der Waals surface area (Å²) >= 11 is 6.05. The molecule has 16 heteroatoms. The van der Waals surface area contributed by atoms with E-state index in [0.29, 0.717) is 28.4 Å². The molecule has 218 valence electrons. The summed E-state index contributed by atoms with van der Waals surface area (Å²) in [4.78, 5) is 3.77. The largest absolute Gasteiger partial charge is 0.416 e. The van der Waals surface area contributed by atoms with E-state index in [2.05, 4.69) is 14.8 Å². The molecule has 0 radical (unpaired) electrons. The summed E-state index contributed by atoms with van der Waals surface area (Å²) in [6, 6.07) is 19.2. The van der Waals surface area contributed by atoms with Crippen LogP contribution in [0.25, 0.3) is 0 Å². The van der Waals surface area contributed by atoms with Crippen LogP contribution in [0.15, 0.2) is 93.9 Å². The Hall–Kier alpha value is -3.50. The molecule has 0 bridgehead atoms. The molecule has 4 rings (SSSR count).